The minimum Gasteiger partial charge on any atom is -0.481 e. The van der Waals surface area contributed by atoms with Crippen LogP contribution in [0.1, 0.15) is 35.1 Å². The van der Waals surface area contributed by atoms with Gasteiger partial charge in [-0.1, -0.05) is 30.3 Å². The van der Waals surface area contributed by atoms with Gasteiger partial charge in [-0.15, -0.1) is 0 Å². The third kappa shape index (κ3) is 12.4. The third-order valence-corrected chi connectivity index (χ3v) is 7.93. The minimum atomic E-state index is -3.32. The molecular formula is C32H37F2N3O9S. The van der Waals surface area contributed by atoms with Gasteiger partial charge < -0.3 is 25.7 Å². The Morgan fingerprint density at radius 2 is 1.53 bits per heavy atom. The highest BCUT2D eigenvalue weighted by Crippen LogP contribution is 2.26. The van der Waals surface area contributed by atoms with Gasteiger partial charge >= 0.3 is 17.9 Å². The molecule has 1 unspecified atom stereocenters. The number of hydrogen-bond donors (Lipinski definition) is 6. The Hall–Kier alpha value is -4.44. The second kappa shape index (κ2) is 16.4. The number of carboxylic acid groups (broad SMARTS) is 3. The van der Waals surface area contributed by atoms with Crippen LogP contribution in [0.5, 0.6) is 0 Å². The van der Waals surface area contributed by atoms with Gasteiger partial charge in [-0.3, -0.25) is 19.2 Å². The van der Waals surface area contributed by atoms with Gasteiger partial charge in [-0.05, 0) is 71.5 Å². The van der Waals surface area contributed by atoms with Crippen LogP contribution in [-0.2, 0) is 50.3 Å². The topological polar surface area (TPSA) is 194 Å². The number of nitrogens with zero attached hydrogens (tertiary/aromatic N) is 1. The summed E-state index contributed by atoms with van der Waals surface area (Å²) in [5.41, 5.74) is 2.01. The molecule has 15 heteroatoms. The minimum absolute atomic E-state index is 0.184. The first-order valence-corrected chi connectivity index (χ1v) is 16.3. The summed E-state index contributed by atoms with van der Waals surface area (Å²) in [6, 6.07) is 19.1. The molecule has 47 heavy (non-hydrogen) atoms. The number of aliphatic carboxylic acids is 3. The zero-order valence-electron chi connectivity index (χ0n) is 25.5. The molecule has 0 amide bonds. The van der Waals surface area contributed by atoms with Crippen LogP contribution in [0.15, 0.2) is 66.7 Å². The highest BCUT2D eigenvalue weighted by molar-refractivity contribution is 7.92. The molecule has 12 nitrogen and oxygen atoms in total. The average molecular weight is 678 g/mol. The maximum absolute atomic E-state index is 13.8. The van der Waals surface area contributed by atoms with Crippen molar-refractivity contribution in [2.45, 2.75) is 50.4 Å². The number of aliphatic hydroxyl groups is 1. The first-order chi connectivity index (χ1) is 22.0. The van der Waals surface area contributed by atoms with Crippen LogP contribution in [0.3, 0.4) is 0 Å². The SMILES string of the molecule is CS(=O)(=O)Nc1cccc(CNCCN2Cc3ccc(F)cc3CC2Cc2ccc(F)cc2)c1.O=C(O)CC(O)(CC(=O)O)C(=O)O. The van der Waals surface area contributed by atoms with Crippen LogP contribution < -0.4 is 10.0 Å². The van der Waals surface area contributed by atoms with Crippen molar-refractivity contribution in [2.75, 3.05) is 24.1 Å². The molecule has 0 saturated heterocycles. The number of hydrogen-bond acceptors (Lipinski definition) is 8. The number of carboxylic acids is 3. The monoisotopic (exact) mass is 677 g/mol. The van der Waals surface area contributed by atoms with E-state index in [-0.39, 0.29) is 17.7 Å². The zero-order chi connectivity index (χ0) is 34.8. The van der Waals surface area contributed by atoms with E-state index in [2.05, 4.69) is 14.9 Å². The van der Waals surface area contributed by atoms with Gasteiger partial charge in [-0.25, -0.2) is 22.0 Å². The van der Waals surface area contributed by atoms with E-state index in [1.54, 1.807) is 12.1 Å². The summed E-state index contributed by atoms with van der Waals surface area (Å²) in [6.07, 6.45) is 0.341. The number of anilines is 1. The Labute approximate surface area is 270 Å². The molecular weight excluding hydrogens is 640 g/mol. The first-order valence-electron chi connectivity index (χ1n) is 14.5. The van der Waals surface area contributed by atoms with Gasteiger partial charge in [-0.2, -0.15) is 0 Å². The zero-order valence-corrected chi connectivity index (χ0v) is 26.3. The Balaban J connectivity index is 0.000000392. The maximum Gasteiger partial charge on any atom is 0.336 e. The van der Waals surface area contributed by atoms with Gasteiger partial charge in [0.15, 0.2) is 5.60 Å². The molecule has 0 radical (unpaired) electrons. The van der Waals surface area contributed by atoms with E-state index in [4.69, 9.17) is 20.4 Å². The molecule has 1 aliphatic heterocycles. The molecule has 4 rings (SSSR count). The first kappa shape index (κ1) is 37.0. The van der Waals surface area contributed by atoms with Crippen molar-refractivity contribution in [1.82, 2.24) is 10.2 Å². The van der Waals surface area contributed by atoms with E-state index in [1.807, 2.05) is 36.4 Å². The molecule has 1 heterocycles. The number of sulfonamides is 1. The lowest BCUT2D eigenvalue weighted by atomic mass is 9.90. The molecule has 6 N–H and O–H groups in total. The molecule has 0 bridgehead atoms. The number of rotatable bonds is 14. The fourth-order valence-corrected chi connectivity index (χ4v) is 5.71. The molecule has 0 spiro atoms. The standard InChI is InChI=1S/C26H29F2N3O2S.C6H8O7/c1-34(32,33)30-25-4-2-3-20(13-25)17-29-11-12-31-18-21-7-10-24(28)15-22(21)16-26(31)14-19-5-8-23(27)9-6-19;7-3(8)1-6(13,5(11)12)2-4(9)10/h2-10,13,15,26,29-30H,11-12,14,16-18H2,1H3;13H,1-2H2,(H,7,8)(H,9,10)(H,11,12). The normalized spacial score (nSPS) is 14.8. The van der Waals surface area contributed by atoms with Gasteiger partial charge in [0, 0.05) is 37.9 Å². The van der Waals surface area contributed by atoms with E-state index in [1.165, 1.54) is 18.2 Å². The Morgan fingerprint density at radius 1 is 0.894 bits per heavy atom. The lowest BCUT2D eigenvalue weighted by Crippen LogP contribution is -2.44. The second-order valence-electron chi connectivity index (χ2n) is 11.3. The van der Waals surface area contributed by atoms with E-state index < -0.39 is 46.4 Å². The van der Waals surface area contributed by atoms with E-state index in [9.17, 15) is 31.6 Å². The smallest absolute Gasteiger partial charge is 0.336 e. The van der Waals surface area contributed by atoms with Crippen LogP contribution >= 0.6 is 0 Å². The van der Waals surface area contributed by atoms with Crippen LogP contribution in [0.2, 0.25) is 0 Å². The highest BCUT2D eigenvalue weighted by Gasteiger charge is 2.40. The summed E-state index contributed by atoms with van der Waals surface area (Å²) in [7, 11) is -3.32. The van der Waals surface area contributed by atoms with Crippen molar-refractivity contribution in [3.05, 3.63) is 101 Å². The van der Waals surface area contributed by atoms with Crippen LogP contribution in [0, 0.1) is 11.6 Å². The van der Waals surface area contributed by atoms with Gasteiger partial charge in [0.25, 0.3) is 0 Å². The predicted octanol–water partition coefficient (Wildman–Crippen LogP) is 2.85. The second-order valence-corrected chi connectivity index (χ2v) is 13.0. The van der Waals surface area contributed by atoms with E-state index in [0.717, 1.165) is 61.0 Å². The molecule has 254 valence electrons. The van der Waals surface area contributed by atoms with E-state index >= 15 is 0 Å². The van der Waals surface area contributed by atoms with Crippen molar-refractivity contribution in [3.8, 4) is 0 Å². The van der Waals surface area contributed by atoms with Crippen LogP contribution in [0.4, 0.5) is 14.5 Å². The summed E-state index contributed by atoms with van der Waals surface area (Å²) in [4.78, 5) is 32.9. The van der Waals surface area contributed by atoms with Crippen molar-refractivity contribution in [3.63, 3.8) is 0 Å². The molecule has 3 aromatic carbocycles. The van der Waals surface area contributed by atoms with E-state index in [0.29, 0.717) is 12.2 Å². The van der Waals surface area contributed by atoms with Crippen molar-refractivity contribution in [1.29, 1.82) is 0 Å². The van der Waals surface area contributed by atoms with Gasteiger partial charge in [0.2, 0.25) is 10.0 Å². The fourth-order valence-electron chi connectivity index (χ4n) is 5.15. The largest absolute Gasteiger partial charge is 0.481 e. The summed E-state index contributed by atoms with van der Waals surface area (Å²) in [5.74, 6) is -5.49. The number of fused-ring (bicyclic) bond motifs is 1. The Morgan fingerprint density at radius 3 is 2.13 bits per heavy atom. The maximum atomic E-state index is 13.8. The molecule has 0 aliphatic carbocycles. The lowest BCUT2D eigenvalue weighted by Gasteiger charge is -2.37. The lowest BCUT2D eigenvalue weighted by molar-refractivity contribution is -0.170. The summed E-state index contributed by atoms with van der Waals surface area (Å²) >= 11 is 0. The number of benzene rings is 3. The Kier molecular flexibility index (Phi) is 12.9. The number of nitrogens with one attached hydrogen (secondary N) is 2. The summed E-state index contributed by atoms with van der Waals surface area (Å²) < 4.78 is 52.6. The molecule has 0 aromatic heterocycles. The summed E-state index contributed by atoms with van der Waals surface area (Å²) in [5, 5.41) is 37.2. The number of carbonyl (C=O) groups is 3. The summed E-state index contributed by atoms with van der Waals surface area (Å²) in [6.45, 7) is 2.87. The van der Waals surface area contributed by atoms with Crippen molar-refractivity contribution in [2.24, 2.45) is 0 Å². The fraction of sp³-hybridized carbons (Fsp3) is 0.344. The van der Waals surface area contributed by atoms with Crippen LogP contribution in [0.25, 0.3) is 0 Å². The Bertz CT molecular complexity index is 1650. The molecule has 3 aromatic rings. The van der Waals surface area contributed by atoms with Gasteiger partial charge in [0.05, 0.1) is 19.1 Å². The quantitative estimate of drug-likeness (QED) is 0.137. The van der Waals surface area contributed by atoms with Crippen molar-refractivity contribution >= 4 is 33.6 Å². The predicted molar refractivity (Wildman–Crippen MR) is 168 cm³/mol. The van der Waals surface area contributed by atoms with Gasteiger partial charge in [0.1, 0.15) is 11.6 Å². The molecule has 1 aliphatic rings. The third-order valence-electron chi connectivity index (χ3n) is 7.32. The number of halogens is 2. The highest BCUT2D eigenvalue weighted by atomic mass is 32.2. The molecule has 0 saturated carbocycles. The van der Waals surface area contributed by atoms with Crippen LogP contribution in [-0.4, -0.2) is 82.6 Å². The molecule has 1 atom stereocenters. The van der Waals surface area contributed by atoms with Crippen molar-refractivity contribution < 1.29 is 52.0 Å². The molecule has 0 fully saturated rings. The average Bonchev–Trinajstić information content (AvgIpc) is 2.95.